The SMILES string of the molecule is CCCC(=O)c1cn(Cc2ccccc2)c2ccccc12. The van der Waals surface area contributed by atoms with Gasteiger partial charge in [-0.2, -0.15) is 0 Å². The molecule has 1 aromatic heterocycles. The van der Waals surface area contributed by atoms with Gasteiger partial charge >= 0.3 is 0 Å². The van der Waals surface area contributed by atoms with Crippen LogP contribution in [0.5, 0.6) is 0 Å². The number of para-hydroxylation sites is 1. The molecule has 0 amide bonds. The molecule has 3 aromatic rings. The van der Waals surface area contributed by atoms with Gasteiger partial charge in [-0.1, -0.05) is 55.5 Å². The number of carbonyl (C=O) groups excluding carboxylic acids is 1. The summed E-state index contributed by atoms with van der Waals surface area (Å²) in [7, 11) is 0. The maximum Gasteiger partial charge on any atom is 0.165 e. The Kier molecular flexibility index (Phi) is 3.87. The van der Waals surface area contributed by atoms with E-state index >= 15 is 0 Å². The molecule has 0 aliphatic heterocycles. The van der Waals surface area contributed by atoms with Gasteiger partial charge in [0.25, 0.3) is 0 Å². The maximum absolute atomic E-state index is 12.3. The lowest BCUT2D eigenvalue weighted by Crippen LogP contribution is -1.99. The number of fused-ring (bicyclic) bond motifs is 1. The van der Waals surface area contributed by atoms with Gasteiger partial charge in [-0.15, -0.1) is 0 Å². The summed E-state index contributed by atoms with van der Waals surface area (Å²) in [5, 5.41) is 1.06. The molecule has 0 aliphatic rings. The smallest absolute Gasteiger partial charge is 0.165 e. The zero-order valence-corrected chi connectivity index (χ0v) is 12.3. The van der Waals surface area contributed by atoms with Gasteiger partial charge < -0.3 is 4.57 Å². The third-order valence-electron chi connectivity index (χ3n) is 3.76. The van der Waals surface area contributed by atoms with E-state index in [0.29, 0.717) is 6.42 Å². The lowest BCUT2D eigenvalue weighted by atomic mass is 10.1. The molecule has 2 heteroatoms. The van der Waals surface area contributed by atoms with Gasteiger partial charge in [-0.05, 0) is 18.1 Å². The molecule has 0 unspecified atom stereocenters. The highest BCUT2D eigenvalue weighted by atomic mass is 16.1. The minimum Gasteiger partial charge on any atom is -0.342 e. The molecule has 3 rings (SSSR count). The molecule has 0 bridgehead atoms. The van der Waals surface area contributed by atoms with Crippen LogP contribution < -0.4 is 0 Å². The molecule has 0 N–H and O–H groups in total. The van der Waals surface area contributed by atoms with E-state index in [1.54, 1.807) is 0 Å². The fraction of sp³-hybridized carbons (Fsp3) is 0.211. The van der Waals surface area contributed by atoms with E-state index in [-0.39, 0.29) is 5.78 Å². The third-order valence-corrected chi connectivity index (χ3v) is 3.76. The molecule has 1 heterocycles. The number of carbonyl (C=O) groups is 1. The Hall–Kier alpha value is -2.35. The van der Waals surface area contributed by atoms with E-state index < -0.39 is 0 Å². The average molecular weight is 277 g/mol. The lowest BCUT2D eigenvalue weighted by Gasteiger charge is -2.05. The second-order valence-corrected chi connectivity index (χ2v) is 5.35. The van der Waals surface area contributed by atoms with E-state index in [1.807, 2.05) is 49.5 Å². The van der Waals surface area contributed by atoms with Crippen LogP contribution in [0.2, 0.25) is 0 Å². The van der Waals surface area contributed by atoms with Crippen molar-refractivity contribution in [3.8, 4) is 0 Å². The highest BCUT2D eigenvalue weighted by Crippen LogP contribution is 2.24. The normalized spacial score (nSPS) is 10.9. The van der Waals surface area contributed by atoms with Gasteiger partial charge in [-0.3, -0.25) is 4.79 Å². The first kappa shape index (κ1) is 13.6. The summed E-state index contributed by atoms with van der Waals surface area (Å²) >= 11 is 0. The number of rotatable bonds is 5. The second-order valence-electron chi connectivity index (χ2n) is 5.35. The molecule has 2 nitrogen and oxygen atoms in total. The summed E-state index contributed by atoms with van der Waals surface area (Å²) in [4.78, 5) is 12.3. The topological polar surface area (TPSA) is 22.0 Å². The minimum absolute atomic E-state index is 0.237. The monoisotopic (exact) mass is 277 g/mol. The van der Waals surface area contributed by atoms with Gasteiger partial charge in [-0.25, -0.2) is 0 Å². The van der Waals surface area contributed by atoms with Crippen molar-refractivity contribution in [2.45, 2.75) is 26.3 Å². The molecule has 21 heavy (non-hydrogen) atoms. The molecule has 2 aromatic carbocycles. The van der Waals surface area contributed by atoms with Crippen LogP contribution in [-0.4, -0.2) is 10.4 Å². The largest absolute Gasteiger partial charge is 0.342 e. The van der Waals surface area contributed by atoms with E-state index in [0.717, 1.165) is 29.4 Å². The lowest BCUT2D eigenvalue weighted by molar-refractivity contribution is 0.0983. The summed E-state index contributed by atoms with van der Waals surface area (Å²) in [6, 6.07) is 18.5. The first-order valence-electron chi connectivity index (χ1n) is 7.44. The summed E-state index contributed by atoms with van der Waals surface area (Å²) in [6.07, 6.45) is 3.51. The minimum atomic E-state index is 0.237. The van der Waals surface area contributed by atoms with Crippen LogP contribution in [0.15, 0.2) is 60.8 Å². The molecule has 0 saturated heterocycles. The summed E-state index contributed by atoms with van der Waals surface area (Å²) in [6.45, 7) is 2.84. The number of benzene rings is 2. The number of aromatic nitrogens is 1. The predicted octanol–water partition coefficient (Wildman–Crippen LogP) is 4.67. The fourth-order valence-electron chi connectivity index (χ4n) is 2.74. The van der Waals surface area contributed by atoms with E-state index in [9.17, 15) is 4.79 Å². The number of ketones is 1. The first-order chi connectivity index (χ1) is 10.3. The van der Waals surface area contributed by atoms with Gasteiger partial charge in [0.15, 0.2) is 5.78 Å². The molecule has 106 valence electrons. The highest BCUT2D eigenvalue weighted by Gasteiger charge is 2.14. The molecule has 0 atom stereocenters. The zero-order valence-electron chi connectivity index (χ0n) is 12.3. The first-order valence-corrected chi connectivity index (χ1v) is 7.44. The van der Waals surface area contributed by atoms with Crippen molar-refractivity contribution in [3.63, 3.8) is 0 Å². The molecule has 0 saturated carbocycles. The highest BCUT2D eigenvalue weighted by molar-refractivity contribution is 6.08. The number of hydrogen-bond donors (Lipinski definition) is 0. The Morgan fingerprint density at radius 3 is 2.48 bits per heavy atom. The Morgan fingerprint density at radius 2 is 1.71 bits per heavy atom. The van der Waals surface area contributed by atoms with E-state index in [4.69, 9.17) is 0 Å². The molecule has 0 fully saturated rings. The Labute approximate surface area is 125 Å². The summed E-state index contributed by atoms with van der Waals surface area (Å²) in [5.74, 6) is 0.237. The Bertz CT molecular complexity index is 756. The third kappa shape index (κ3) is 2.75. The standard InChI is InChI=1S/C19H19NO/c1-2-8-19(21)17-14-20(13-15-9-4-3-5-10-15)18-12-7-6-11-16(17)18/h3-7,9-12,14H,2,8,13H2,1H3. The van der Waals surface area contributed by atoms with Crippen LogP contribution in [0.4, 0.5) is 0 Å². The van der Waals surface area contributed by atoms with Crippen molar-refractivity contribution in [1.82, 2.24) is 4.57 Å². The van der Waals surface area contributed by atoms with Crippen LogP contribution in [0, 0.1) is 0 Å². The summed E-state index contributed by atoms with van der Waals surface area (Å²) < 4.78 is 2.17. The average Bonchev–Trinajstić information content (AvgIpc) is 2.88. The van der Waals surface area contributed by atoms with Crippen molar-refractivity contribution >= 4 is 16.7 Å². The number of hydrogen-bond acceptors (Lipinski definition) is 1. The van der Waals surface area contributed by atoms with Crippen LogP contribution in [0.1, 0.15) is 35.7 Å². The van der Waals surface area contributed by atoms with Gasteiger partial charge in [0.1, 0.15) is 0 Å². The quantitative estimate of drug-likeness (QED) is 0.621. The van der Waals surface area contributed by atoms with E-state index in [1.165, 1.54) is 5.56 Å². The van der Waals surface area contributed by atoms with Crippen LogP contribution in [0.3, 0.4) is 0 Å². The number of Topliss-reactive ketones (excluding diaryl/α,β-unsaturated/α-hetero) is 1. The molecule has 0 aliphatic carbocycles. The number of nitrogens with zero attached hydrogens (tertiary/aromatic N) is 1. The molecule has 0 radical (unpaired) electrons. The van der Waals surface area contributed by atoms with Crippen LogP contribution in [-0.2, 0) is 6.54 Å². The summed E-state index contributed by atoms with van der Waals surface area (Å²) in [5.41, 5.74) is 3.22. The van der Waals surface area contributed by atoms with Gasteiger partial charge in [0.05, 0.1) is 0 Å². The zero-order chi connectivity index (χ0) is 14.7. The van der Waals surface area contributed by atoms with Gasteiger partial charge in [0, 0.05) is 35.6 Å². The molecule has 0 spiro atoms. The van der Waals surface area contributed by atoms with Crippen LogP contribution >= 0.6 is 0 Å². The second kappa shape index (κ2) is 5.96. The van der Waals surface area contributed by atoms with Gasteiger partial charge in [0.2, 0.25) is 0 Å². The Balaban J connectivity index is 2.05. The van der Waals surface area contributed by atoms with Crippen molar-refractivity contribution < 1.29 is 4.79 Å². The molecular weight excluding hydrogens is 258 g/mol. The van der Waals surface area contributed by atoms with E-state index in [2.05, 4.69) is 22.8 Å². The van der Waals surface area contributed by atoms with Crippen molar-refractivity contribution in [2.75, 3.05) is 0 Å². The van der Waals surface area contributed by atoms with Crippen LogP contribution in [0.25, 0.3) is 10.9 Å². The predicted molar refractivity (Wildman–Crippen MR) is 86.7 cm³/mol. The maximum atomic E-state index is 12.3. The van der Waals surface area contributed by atoms with Crippen molar-refractivity contribution in [3.05, 3.63) is 71.9 Å². The fourth-order valence-corrected chi connectivity index (χ4v) is 2.74. The Morgan fingerprint density at radius 1 is 1.00 bits per heavy atom. The molecular formula is C19H19NO. The van der Waals surface area contributed by atoms with Crippen molar-refractivity contribution in [2.24, 2.45) is 0 Å². The van der Waals surface area contributed by atoms with Crippen molar-refractivity contribution in [1.29, 1.82) is 0 Å².